The van der Waals surface area contributed by atoms with Gasteiger partial charge in [0.25, 0.3) is 0 Å². The van der Waals surface area contributed by atoms with Crippen LogP contribution < -0.4 is 0 Å². The minimum atomic E-state index is -3.73. The maximum absolute atomic E-state index is 13.2. The summed E-state index contributed by atoms with van der Waals surface area (Å²) in [5.74, 6) is -0.257. The van der Waals surface area contributed by atoms with Gasteiger partial charge in [-0.2, -0.15) is 4.31 Å². The molecule has 10 nitrogen and oxygen atoms in total. The average molecular weight is 494 g/mol. The molecule has 0 bridgehead atoms. The van der Waals surface area contributed by atoms with E-state index in [-0.39, 0.29) is 42.5 Å². The first kappa shape index (κ1) is 26.3. The number of fused-ring (bicyclic) bond motifs is 1. The number of carbonyl (C=O) groups excluding carboxylic acids is 1. The van der Waals surface area contributed by atoms with E-state index in [1.165, 1.54) is 11.4 Å². The van der Waals surface area contributed by atoms with Crippen LogP contribution in [0.3, 0.4) is 0 Å². The summed E-state index contributed by atoms with van der Waals surface area (Å²) >= 11 is 0. The van der Waals surface area contributed by atoms with Crippen molar-refractivity contribution >= 4 is 15.9 Å². The van der Waals surface area contributed by atoms with Crippen molar-refractivity contribution in [3.63, 3.8) is 0 Å². The number of ether oxygens (including phenoxy) is 1. The van der Waals surface area contributed by atoms with Crippen LogP contribution >= 0.6 is 0 Å². The Kier molecular flexibility index (Phi) is 8.80. The van der Waals surface area contributed by atoms with Gasteiger partial charge in [0.05, 0.1) is 42.1 Å². The molecule has 0 radical (unpaired) electrons. The van der Waals surface area contributed by atoms with Crippen molar-refractivity contribution in [1.82, 2.24) is 24.2 Å². The lowest BCUT2D eigenvalue weighted by atomic mass is 10.0. The fraction of sp³-hybridized carbons (Fsp3) is 0.609. The van der Waals surface area contributed by atoms with E-state index in [2.05, 4.69) is 10.3 Å². The van der Waals surface area contributed by atoms with E-state index in [4.69, 9.17) is 4.74 Å². The van der Waals surface area contributed by atoms with E-state index in [0.717, 1.165) is 11.3 Å². The van der Waals surface area contributed by atoms with Gasteiger partial charge in [-0.1, -0.05) is 24.3 Å². The summed E-state index contributed by atoms with van der Waals surface area (Å²) in [5.41, 5.74) is 1.63. The molecule has 3 rings (SSSR count). The SMILES string of the molecule is Cc1cccc(S(=O)(=O)N(C)C[C@@H]2OCc3cnnn3CCCC(=O)N([C@@H](C)CO)C[C@H]2C)c1. The van der Waals surface area contributed by atoms with E-state index in [9.17, 15) is 18.3 Å². The number of rotatable bonds is 6. The number of likely N-dealkylation sites (N-methyl/N-ethyl adjacent to an activating group) is 1. The number of sulfonamides is 1. The van der Waals surface area contributed by atoms with E-state index >= 15 is 0 Å². The monoisotopic (exact) mass is 493 g/mol. The third kappa shape index (κ3) is 6.21. The van der Waals surface area contributed by atoms with Crippen LogP contribution in [0, 0.1) is 12.8 Å². The molecule has 0 fully saturated rings. The van der Waals surface area contributed by atoms with Crippen molar-refractivity contribution in [2.75, 3.05) is 26.7 Å². The Hall–Kier alpha value is -2.34. The largest absolute Gasteiger partial charge is 0.394 e. The summed E-state index contributed by atoms with van der Waals surface area (Å²) in [6.45, 7) is 6.63. The Balaban J connectivity index is 1.87. The predicted molar refractivity (Wildman–Crippen MR) is 126 cm³/mol. The van der Waals surface area contributed by atoms with Crippen molar-refractivity contribution in [3.05, 3.63) is 41.7 Å². The highest BCUT2D eigenvalue weighted by molar-refractivity contribution is 7.89. The standard InChI is InChI=1S/C23H35N5O5S/c1-17-7-5-8-21(11-17)34(31,32)26(4)14-22-18(2)13-27(19(3)15-29)23(30)9-6-10-28-20(16-33-22)12-24-25-28/h5,7-8,11-12,18-19,22,29H,6,9-10,13-16H2,1-4H3/t18-,19+,22+/m1/s1. The van der Waals surface area contributed by atoms with Gasteiger partial charge in [-0.15, -0.1) is 5.10 Å². The molecular formula is C23H35N5O5S. The molecular weight excluding hydrogens is 458 g/mol. The number of amides is 1. The fourth-order valence-electron chi connectivity index (χ4n) is 4.05. The predicted octanol–water partition coefficient (Wildman–Crippen LogP) is 1.43. The van der Waals surface area contributed by atoms with Gasteiger partial charge in [0, 0.05) is 39.0 Å². The highest BCUT2D eigenvalue weighted by Gasteiger charge is 2.31. The zero-order valence-corrected chi connectivity index (χ0v) is 21.1. The molecule has 1 aliphatic rings. The maximum Gasteiger partial charge on any atom is 0.242 e. The number of nitrogens with zero attached hydrogens (tertiary/aromatic N) is 5. The number of benzene rings is 1. The number of aromatic nitrogens is 3. The van der Waals surface area contributed by atoms with E-state index < -0.39 is 16.1 Å². The first-order valence-electron chi connectivity index (χ1n) is 11.6. The van der Waals surface area contributed by atoms with Crippen molar-refractivity contribution in [2.24, 2.45) is 5.92 Å². The lowest BCUT2D eigenvalue weighted by Crippen LogP contribution is -2.47. The van der Waals surface area contributed by atoms with Crippen LogP contribution in [0.5, 0.6) is 0 Å². The number of hydrogen-bond acceptors (Lipinski definition) is 7. The summed E-state index contributed by atoms with van der Waals surface area (Å²) in [7, 11) is -2.19. The second kappa shape index (κ2) is 11.4. The zero-order chi connectivity index (χ0) is 24.9. The lowest BCUT2D eigenvalue weighted by molar-refractivity contribution is -0.136. The molecule has 0 saturated heterocycles. The van der Waals surface area contributed by atoms with Crippen LogP contribution in [0.1, 0.15) is 37.9 Å². The second-order valence-electron chi connectivity index (χ2n) is 9.06. The topological polar surface area (TPSA) is 118 Å². The minimum absolute atomic E-state index is 0.0601. The van der Waals surface area contributed by atoms with Gasteiger partial charge in [-0.3, -0.25) is 4.79 Å². The molecule has 0 unspecified atom stereocenters. The molecule has 2 aromatic rings. The van der Waals surface area contributed by atoms with Gasteiger partial charge in [-0.25, -0.2) is 13.1 Å². The van der Waals surface area contributed by atoms with Crippen LogP contribution in [0.15, 0.2) is 35.4 Å². The number of hydrogen-bond donors (Lipinski definition) is 1. The summed E-state index contributed by atoms with van der Waals surface area (Å²) in [6, 6.07) is 6.44. The smallest absolute Gasteiger partial charge is 0.242 e. The molecule has 34 heavy (non-hydrogen) atoms. The fourth-order valence-corrected chi connectivity index (χ4v) is 5.34. The molecule has 188 valence electrons. The first-order chi connectivity index (χ1) is 16.1. The molecule has 11 heteroatoms. The Bertz CT molecular complexity index is 1070. The van der Waals surface area contributed by atoms with E-state index in [1.807, 2.05) is 19.9 Å². The third-order valence-electron chi connectivity index (χ3n) is 6.27. The summed E-state index contributed by atoms with van der Waals surface area (Å²) in [5, 5.41) is 17.8. The number of aliphatic hydroxyl groups is 1. The molecule has 2 heterocycles. The van der Waals surface area contributed by atoms with Crippen molar-refractivity contribution in [2.45, 2.75) is 63.8 Å². The van der Waals surface area contributed by atoms with Crippen molar-refractivity contribution in [1.29, 1.82) is 0 Å². The normalized spacial score (nSPS) is 21.6. The molecule has 0 saturated carbocycles. The molecule has 1 N–H and O–H groups in total. The first-order valence-corrected chi connectivity index (χ1v) is 13.0. The highest BCUT2D eigenvalue weighted by Crippen LogP contribution is 2.21. The van der Waals surface area contributed by atoms with E-state index in [0.29, 0.717) is 25.9 Å². The van der Waals surface area contributed by atoms with E-state index in [1.54, 1.807) is 40.9 Å². The van der Waals surface area contributed by atoms with Crippen LogP contribution in [0.4, 0.5) is 0 Å². The minimum Gasteiger partial charge on any atom is -0.394 e. The lowest BCUT2D eigenvalue weighted by Gasteiger charge is -2.35. The Morgan fingerprint density at radius 2 is 2.12 bits per heavy atom. The average Bonchev–Trinajstić information content (AvgIpc) is 3.25. The molecule has 0 aliphatic carbocycles. The zero-order valence-electron chi connectivity index (χ0n) is 20.3. The number of carbonyl (C=O) groups is 1. The highest BCUT2D eigenvalue weighted by atomic mass is 32.2. The quantitative estimate of drug-likeness (QED) is 0.647. The van der Waals surface area contributed by atoms with Crippen LogP contribution in [0.25, 0.3) is 0 Å². The van der Waals surface area contributed by atoms with Crippen LogP contribution in [-0.4, -0.2) is 82.5 Å². The summed E-state index contributed by atoms with van der Waals surface area (Å²) in [4.78, 5) is 14.8. The van der Waals surface area contributed by atoms with Gasteiger partial charge < -0.3 is 14.7 Å². The van der Waals surface area contributed by atoms with Crippen molar-refractivity contribution in [3.8, 4) is 0 Å². The van der Waals surface area contributed by atoms with Crippen molar-refractivity contribution < 1.29 is 23.1 Å². The summed E-state index contributed by atoms with van der Waals surface area (Å²) < 4.78 is 35.7. The molecule has 0 spiro atoms. The molecule has 1 aliphatic heterocycles. The van der Waals surface area contributed by atoms with Gasteiger partial charge in [0.15, 0.2) is 0 Å². The third-order valence-corrected chi connectivity index (χ3v) is 8.09. The molecule has 3 atom stereocenters. The summed E-state index contributed by atoms with van der Waals surface area (Å²) in [6.07, 6.45) is 2.04. The Morgan fingerprint density at radius 3 is 2.82 bits per heavy atom. The number of aryl methyl sites for hydroxylation is 2. The van der Waals surface area contributed by atoms with Gasteiger partial charge in [0.1, 0.15) is 0 Å². The maximum atomic E-state index is 13.2. The Morgan fingerprint density at radius 1 is 1.35 bits per heavy atom. The molecule has 1 aromatic heterocycles. The number of aliphatic hydroxyl groups excluding tert-OH is 1. The molecule has 1 aromatic carbocycles. The van der Waals surface area contributed by atoms with Crippen LogP contribution in [-0.2, 0) is 32.7 Å². The Labute approximate surface area is 201 Å². The van der Waals surface area contributed by atoms with Crippen LogP contribution in [0.2, 0.25) is 0 Å². The second-order valence-corrected chi connectivity index (χ2v) is 11.1. The van der Waals surface area contributed by atoms with Gasteiger partial charge in [-0.05, 0) is 38.0 Å². The van der Waals surface area contributed by atoms with Gasteiger partial charge >= 0.3 is 0 Å². The van der Waals surface area contributed by atoms with Gasteiger partial charge in [0.2, 0.25) is 15.9 Å². The molecule has 1 amide bonds.